The highest BCUT2D eigenvalue weighted by molar-refractivity contribution is 7.13. The molecule has 2 aromatic heterocycles. The first-order chi connectivity index (χ1) is 11.4. The summed E-state index contributed by atoms with van der Waals surface area (Å²) in [6.45, 7) is 3.59. The molecule has 1 saturated heterocycles. The van der Waals surface area contributed by atoms with E-state index in [1.165, 1.54) is 28.8 Å². The number of nitrogens with one attached hydrogen (secondary N) is 1. The van der Waals surface area contributed by atoms with Gasteiger partial charge in [-0.1, -0.05) is 13.8 Å². The third-order valence-electron chi connectivity index (χ3n) is 3.92. The van der Waals surface area contributed by atoms with Gasteiger partial charge in [0, 0.05) is 24.5 Å². The number of alkyl halides is 1. The first-order valence-electron chi connectivity index (χ1n) is 7.56. The minimum atomic E-state index is -2.11. The van der Waals surface area contributed by atoms with Crippen molar-refractivity contribution < 1.29 is 13.6 Å². The second kappa shape index (κ2) is 6.39. The van der Waals surface area contributed by atoms with Crippen LogP contribution in [0.25, 0.3) is 0 Å². The maximum absolute atomic E-state index is 15.0. The molecule has 1 N–H and O–H groups in total. The van der Waals surface area contributed by atoms with Crippen molar-refractivity contribution in [3.8, 4) is 0 Å². The number of rotatable bonds is 4. The smallest absolute Gasteiger partial charge is 0.265 e. The molecule has 6 nitrogen and oxygen atoms in total. The Labute approximate surface area is 142 Å². The van der Waals surface area contributed by atoms with Crippen LogP contribution in [0.4, 0.5) is 19.7 Å². The second-order valence-corrected chi connectivity index (χ2v) is 6.87. The summed E-state index contributed by atoms with van der Waals surface area (Å²) < 4.78 is 29.5. The van der Waals surface area contributed by atoms with Crippen LogP contribution in [0, 0.1) is 5.82 Å². The summed E-state index contributed by atoms with van der Waals surface area (Å²) in [6.07, 6.45) is 2.75. The Morgan fingerprint density at radius 1 is 1.42 bits per heavy atom. The third-order valence-corrected chi connectivity index (χ3v) is 4.61. The summed E-state index contributed by atoms with van der Waals surface area (Å²) in [5.74, 6) is -1.40. The molecule has 1 amide bonds. The van der Waals surface area contributed by atoms with E-state index in [1.54, 1.807) is 5.38 Å². The van der Waals surface area contributed by atoms with Gasteiger partial charge in [0.2, 0.25) is 5.67 Å². The standard InChI is InChI=1S/C15H17F2N5OS/c1-9(2)11-10(16)12(20-8-19-11)22-5-3-15(17,7-22)13(23)21-14-18-4-6-24-14/h4,6,8-9H,3,5,7H2,1-2H3,(H,18,21,23). The Morgan fingerprint density at radius 3 is 2.88 bits per heavy atom. The van der Waals surface area contributed by atoms with Gasteiger partial charge in [-0.3, -0.25) is 10.1 Å². The van der Waals surface area contributed by atoms with Crippen LogP contribution < -0.4 is 10.2 Å². The van der Waals surface area contributed by atoms with Gasteiger partial charge in [-0.15, -0.1) is 11.3 Å². The molecule has 3 heterocycles. The van der Waals surface area contributed by atoms with Crippen LogP contribution in [0.2, 0.25) is 0 Å². The molecule has 0 aliphatic carbocycles. The second-order valence-electron chi connectivity index (χ2n) is 5.98. The molecule has 2 aromatic rings. The van der Waals surface area contributed by atoms with Crippen molar-refractivity contribution in [2.24, 2.45) is 0 Å². The monoisotopic (exact) mass is 353 g/mol. The van der Waals surface area contributed by atoms with Gasteiger partial charge in [-0.05, 0) is 5.92 Å². The van der Waals surface area contributed by atoms with Gasteiger partial charge in [-0.2, -0.15) is 0 Å². The van der Waals surface area contributed by atoms with Crippen molar-refractivity contribution >= 4 is 28.2 Å². The number of carbonyl (C=O) groups is 1. The zero-order valence-corrected chi connectivity index (χ0v) is 14.1. The largest absolute Gasteiger partial charge is 0.350 e. The van der Waals surface area contributed by atoms with Gasteiger partial charge in [0.1, 0.15) is 6.33 Å². The van der Waals surface area contributed by atoms with Gasteiger partial charge < -0.3 is 4.90 Å². The highest BCUT2D eigenvalue weighted by Gasteiger charge is 2.46. The molecular weight excluding hydrogens is 336 g/mol. The van der Waals surface area contributed by atoms with E-state index in [4.69, 9.17) is 0 Å². The lowest BCUT2D eigenvalue weighted by atomic mass is 10.1. The summed E-state index contributed by atoms with van der Waals surface area (Å²) in [6, 6.07) is 0. The summed E-state index contributed by atoms with van der Waals surface area (Å²) in [4.78, 5) is 25.4. The fraction of sp³-hybridized carbons (Fsp3) is 0.467. The van der Waals surface area contributed by atoms with Crippen LogP contribution in [0.5, 0.6) is 0 Å². The molecule has 0 spiro atoms. The molecule has 3 rings (SSSR count). The van der Waals surface area contributed by atoms with Gasteiger partial charge in [-0.25, -0.2) is 23.7 Å². The van der Waals surface area contributed by atoms with Gasteiger partial charge in [0.05, 0.1) is 12.2 Å². The number of hydrogen-bond donors (Lipinski definition) is 1. The number of nitrogens with zero attached hydrogens (tertiary/aromatic N) is 4. The lowest BCUT2D eigenvalue weighted by Gasteiger charge is -2.21. The SMILES string of the molecule is CC(C)c1ncnc(N2CCC(F)(C(=O)Nc3nccs3)C2)c1F. The Hall–Kier alpha value is -2.16. The Balaban J connectivity index is 1.77. The number of halogens is 2. The highest BCUT2D eigenvalue weighted by Crippen LogP contribution is 2.32. The Bertz CT molecular complexity index is 739. The van der Waals surface area contributed by atoms with Crippen molar-refractivity contribution in [2.45, 2.75) is 31.9 Å². The van der Waals surface area contributed by atoms with Crippen LogP contribution in [-0.4, -0.2) is 39.6 Å². The number of anilines is 2. The van der Waals surface area contributed by atoms with Crippen LogP contribution >= 0.6 is 11.3 Å². The fourth-order valence-corrected chi connectivity index (χ4v) is 3.15. The predicted octanol–water partition coefficient (Wildman–Crippen LogP) is 2.75. The van der Waals surface area contributed by atoms with E-state index >= 15 is 0 Å². The van der Waals surface area contributed by atoms with Crippen molar-refractivity contribution in [3.63, 3.8) is 0 Å². The molecule has 1 unspecified atom stereocenters. The fourth-order valence-electron chi connectivity index (χ4n) is 2.63. The molecular formula is C15H17F2N5OS. The first kappa shape index (κ1) is 16.7. The molecule has 0 saturated carbocycles. The van der Waals surface area contributed by atoms with E-state index in [0.717, 1.165) is 0 Å². The summed E-state index contributed by atoms with van der Waals surface area (Å²) in [5, 5.41) is 4.49. The summed E-state index contributed by atoms with van der Waals surface area (Å²) >= 11 is 1.21. The third kappa shape index (κ3) is 3.08. The molecule has 0 aromatic carbocycles. The highest BCUT2D eigenvalue weighted by atomic mass is 32.1. The average molecular weight is 353 g/mol. The van der Waals surface area contributed by atoms with Crippen molar-refractivity contribution in [2.75, 3.05) is 23.3 Å². The molecule has 1 aliphatic heterocycles. The van der Waals surface area contributed by atoms with E-state index in [2.05, 4.69) is 20.3 Å². The molecule has 0 radical (unpaired) electrons. The molecule has 1 aliphatic rings. The van der Waals surface area contributed by atoms with Gasteiger partial charge in [0.15, 0.2) is 16.8 Å². The zero-order chi connectivity index (χ0) is 17.3. The minimum absolute atomic E-state index is 0.0370. The normalized spacial score (nSPS) is 20.6. The van der Waals surface area contributed by atoms with Crippen molar-refractivity contribution in [1.82, 2.24) is 15.0 Å². The molecule has 128 valence electrons. The maximum Gasteiger partial charge on any atom is 0.265 e. The number of thiazole rings is 1. The van der Waals surface area contributed by atoms with Crippen molar-refractivity contribution in [1.29, 1.82) is 0 Å². The average Bonchev–Trinajstić information content (AvgIpc) is 3.18. The number of hydrogen-bond acceptors (Lipinski definition) is 6. The molecule has 1 fully saturated rings. The lowest BCUT2D eigenvalue weighted by molar-refractivity contribution is -0.126. The summed E-state index contributed by atoms with van der Waals surface area (Å²) in [5.41, 5.74) is -1.83. The van der Waals surface area contributed by atoms with Crippen LogP contribution in [0.1, 0.15) is 31.9 Å². The molecule has 1 atom stereocenters. The maximum atomic E-state index is 15.0. The molecule has 9 heteroatoms. The first-order valence-corrected chi connectivity index (χ1v) is 8.44. The van der Waals surface area contributed by atoms with E-state index in [9.17, 15) is 13.6 Å². The molecule has 0 bridgehead atoms. The van der Waals surface area contributed by atoms with Crippen LogP contribution in [-0.2, 0) is 4.79 Å². The quantitative estimate of drug-likeness (QED) is 0.915. The van der Waals surface area contributed by atoms with Gasteiger partial charge in [0.25, 0.3) is 5.91 Å². The number of aromatic nitrogens is 3. The topological polar surface area (TPSA) is 71.0 Å². The van der Waals surface area contributed by atoms with Crippen LogP contribution in [0.15, 0.2) is 17.9 Å². The number of amides is 1. The molecule has 24 heavy (non-hydrogen) atoms. The lowest BCUT2D eigenvalue weighted by Crippen LogP contribution is -2.41. The van der Waals surface area contributed by atoms with E-state index in [-0.39, 0.29) is 36.9 Å². The predicted molar refractivity (Wildman–Crippen MR) is 87.5 cm³/mol. The number of carbonyl (C=O) groups excluding carboxylic acids is 1. The van der Waals surface area contributed by atoms with Crippen LogP contribution in [0.3, 0.4) is 0 Å². The Morgan fingerprint density at radius 2 is 2.21 bits per heavy atom. The zero-order valence-electron chi connectivity index (χ0n) is 13.3. The van der Waals surface area contributed by atoms with Crippen molar-refractivity contribution in [3.05, 3.63) is 29.4 Å². The Kier molecular flexibility index (Phi) is 4.44. The summed E-state index contributed by atoms with van der Waals surface area (Å²) in [7, 11) is 0. The van der Waals surface area contributed by atoms with E-state index < -0.39 is 17.4 Å². The van der Waals surface area contributed by atoms with Gasteiger partial charge >= 0.3 is 0 Å². The van der Waals surface area contributed by atoms with E-state index in [0.29, 0.717) is 5.13 Å². The van der Waals surface area contributed by atoms with E-state index in [1.807, 2.05) is 13.8 Å². The minimum Gasteiger partial charge on any atom is -0.350 e.